The van der Waals surface area contributed by atoms with Crippen LogP contribution in [0.4, 0.5) is 8.78 Å². The van der Waals surface area contributed by atoms with Crippen LogP contribution in [0.5, 0.6) is 0 Å². The molecule has 6 heteroatoms. The van der Waals surface area contributed by atoms with E-state index in [2.05, 4.69) is 5.16 Å². The number of nitrogens with two attached hydrogens (primary N) is 1. The Morgan fingerprint density at radius 1 is 1.39 bits per heavy atom. The molecule has 1 aromatic carbocycles. The van der Waals surface area contributed by atoms with Gasteiger partial charge in [0.05, 0.1) is 6.54 Å². The molecule has 0 saturated carbocycles. The Labute approximate surface area is 105 Å². The molecule has 3 N–H and O–H groups in total. The van der Waals surface area contributed by atoms with Crippen LogP contribution < -0.4 is 5.73 Å². The molecule has 0 bridgehead atoms. The zero-order chi connectivity index (χ0) is 13.7. The molecule has 0 unspecified atom stereocenters. The monoisotopic (exact) mass is 257 g/mol. The largest absolute Gasteiger partial charge is 0.409 e. The molecule has 4 nitrogen and oxygen atoms in total. The number of hydrogen-bond donors (Lipinski definition) is 2. The van der Waals surface area contributed by atoms with Gasteiger partial charge in [-0.15, -0.1) is 0 Å². The molecule has 0 aromatic heterocycles. The van der Waals surface area contributed by atoms with Crippen LogP contribution in [-0.2, 0) is 6.54 Å². The maximum atomic E-state index is 13.5. The fourth-order valence-electron chi connectivity index (χ4n) is 1.55. The van der Waals surface area contributed by atoms with Gasteiger partial charge in [-0.1, -0.05) is 11.2 Å². The molecule has 0 saturated heterocycles. The molecule has 1 aromatic rings. The third-order valence-electron chi connectivity index (χ3n) is 2.65. The molecule has 0 fully saturated rings. The molecule has 0 aliphatic heterocycles. The van der Waals surface area contributed by atoms with E-state index < -0.39 is 11.6 Å². The van der Waals surface area contributed by atoms with Crippen LogP contribution in [0.15, 0.2) is 23.4 Å². The predicted molar refractivity (Wildman–Crippen MR) is 65.3 cm³/mol. The van der Waals surface area contributed by atoms with Crippen molar-refractivity contribution in [3.63, 3.8) is 0 Å². The van der Waals surface area contributed by atoms with Crippen LogP contribution in [0.25, 0.3) is 0 Å². The summed E-state index contributed by atoms with van der Waals surface area (Å²) in [6.07, 6.45) is 0. The average molecular weight is 257 g/mol. The maximum Gasteiger partial charge on any atom is 0.153 e. The summed E-state index contributed by atoms with van der Waals surface area (Å²) in [5.74, 6) is -1.19. The van der Waals surface area contributed by atoms with Crippen LogP contribution in [0, 0.1) is 11.6 Å². The molecule has 0 aliphatic carbocycles. The van der Waals surface area contributed by atoms with Crippen molar-refractivity contribution >= 4 is 5.84 Å². The highest BCUT2D eigenvalue weighted by atomic mass is 19.1. The van der Waals surface area contributed by atoms with E-state index in [1.54, 1.807) is 4.90 Å². The molecule has 0 spiro atoms. The lowest BCUT2D eigenvalue weighted by Gasteiger charge is -2.26. The summed E-state index contributed by atoms with van der Waals surface area (Å²) in [6, 6.07) is 3.74. The van der Waals surface area contributed by atoms with Gasteiger partial charge in [-0.05, 0) is 26.0 Å². The van der Waals surface area contributed by atoms with Crippen LogP contribution in [-0.4, -0.2) is 28.5 Å². The summed E-state index contributed by atoms with van der Waals surface area (Å²) in [5, 5.41) is 11.4. The van der Waals surface area contributed by atoms with Gasteiger partial charge in [-0.3, -0.25) is 4.90 Å². The number of halogens is 2. The van der Waals surface area contributed by atoms with Crippen molar-refractivity contribution in [3.05, 3.63) is 35.4 Å². The summed E-state index contributed by atoms with van der Waals surface area (Å²) >= 11 is 0. The highest BCUT2D eigenvalue weighted by Gasteiger charge is 2.17. The molecule has 18 heavy (non-hydrogen) atoms. The molecule has 0 heterocycles. The van der Waals surface area contributed by atoms with Crippen molar-refractivity contribution in [1.29, 1.82) is 0 Å². The van der Waals surface area contributed by atoms with Gasteiger partial charge >= 0.3 is 0 Å². The van der Waals surface area contributed by atoms with Crippen LogP contribution in [0.1, 0.15) is 19.4 Å². The number of benzene rings is 1. The van der Waals surface area contributed by atoms with Crippen LogP contribution >= 0.6 is 0 Å². The SMILES string of the molecule is CC(C)N(C/C(N)=N/O)Cc1c(F)cccc1F. The number of hydrogen-bond acceptors (Lipinski definition) is 3. The molecular weight excluding hydrogens is 240 g/mol. The van der Waals surface area contributed by atoms with Gasteiger partial charge in [0, 0.05) is 18.2 Å². The van der Waals surface area contributed by atoms with Gasteiger partial charge in [-0.25, -0.2) is 8.78 Å². The van der Waals surface area contributed by atoms with E-state index >= 15 is 0 Å². The minimum atomic E-state index is -0.597. The van der Waals surface area contributed by atoms with E-state index in [-0.39, 0.29) is 30.5 Å². The van der Waals surface area contributed by atoms with E-state index in [1.807, 2.05) is 13.8 Å². The number of amidine groups is 1. The van der Waals surface area contributed by atoms with E-state index in [0.717, 1.165) is 0 Å². The van der Waals surface area contributed by atoms with Crippen molar-refractivity contribution < 1.29 is 14.0 Å². The zero-order valence-corrected chi connectivity index (χ0v) is 10.4. The highest BCUT2D eigenvalue weighted by Crippen LogP contribution is 2.15. The zero-order valence-electron chi connectivity index (χ0n) is 10.4. The fourth-order valence-corrected chi connectivity index (χ4v) is 1.55. The Bertz CT molecular complexity index is 415. The lowest BCUT2D eigenvalue weighted by molar-refractivity contribution is 0.232. The van der Waals surface area contributed by atoms with E-state index in [9.17, 15) is 8.78 Å². The number of nitrogens with zero attached hydrogens (tertiary/aromatic N) is 2. The Morgan fingerprint density at radius 2 is 1.94 bits per heavy atom. The van der Waals surface area contributed by atoms with Gasteiger partial charge < -0.3 is 10.9 Å². The van der Waals surface area contributed by atoms with Crippen molar-refractivity contribution in [2.75, 3.05) is 6.54 Å². The smallest absolute Gasteiger partial charge is 0.153 e. The van der Waals surface area contributed by atoms with Gasteiger partial charge in [-0.2, -0.15) is 0 Å². The number of rotatable bonds is 5. The minimum absolute atomic E-state index is 0.000414. The topological polar surface area (TPSA) is 61.8 Å². The first-order valence-electron chi connectivity index (χ1n) is 5.59. The summed E-state index contributed by atoms with van der Waals surface area (Å²) < 4.78 is 27.0. The lowest BCUT2D eigenvalue weighted by Crippen LogP contribution is -2.38. The van der Waals surface area contributed by atoms with Crippen molar-refractivity contribution in [1.82, 2.24) is 4.90 Å². The maximum absolute atomic E-state index is 13.5. The Balaban J connectivity index is 2.90. The Kier molecular flexibility index (Phi) is 5.03. The molecule has 1 rings (SSSR count). The second-order valence-electron chi connectivity index (χ2n) is 4.29. The minimum Gasteiger partial charge on any atom is -0.409 e. The molecule has 0 amide bonds. The highest BCUT2D eigenvalue weighted by molar-refractivity contribution is 5.81. The first kappa shape index (κ1) is 14.4. The second-order valence-corrected chi connectivity index (χ2v) is 4.29. The van der Waals surface area contributed by atoms with Crippen LogP contribution in [0.2, 0.25) is 0 Å². The molecule has 0 radical (unpaired) electrons. The quantitative estimate of drug-likeness (QED) is 0.366. The molecule has 0 aliphatic rings. The van der Waals surface area contributed by atoms with Gasteiger partial charge in [0.1, 0.15) is 11.6 Å². The lowest BCUT2D eigenvalue weighted by atomic mass is 10.1. The Morgan fingerprint density at radius 3 is 2.39 bits per heavy atom. The van der Waals surface area contributed by atoms with Gasteiger partial charge in [0.15, 0.2) is 5.84 Å². The van der Waals surface area contributed by atoms with Gasteiger partial charge in [0.2, 0.25) is 0 Å². The van der Waals surface area contributed by atoms with E-state index in [4.69, 9.17) is 10.9 Å². The number of oxime groups is 1. The normalized spacial score (nSPS) is 12.4. The van der Waals surface area contributed by atoms with E-state index in [0.29, 0.717) is 0 Å². The fraction of sp³-hybridized carbons (Fsp3) is 0.417. The summed E-state index contributed by atoms with van der Waals surface area (Å²) in [6.45, 7) is 3.93. The van der Waals surface area contributed by atoms with Crippen molar-refractivity contribution in [2.45, 2.75) is 26.4 Å². The molecular formula is C12H17F2N3O. The van der Waals surface area contributed by atoms with E-state index in [1.165, 1.54) is 18.2 Å². The van der Waals surface area contributed by atoms with Gasteiger partial charge in [0.25, 0.3) is 0 Å². The summed E-state index contributed by atoms with van der Waals surface area (Å²) in [5.41, 5.74) is 5.40. The first-order valence-corrected chi connectivity index (χ1v) is 5.59. The van der Waals surface area contributed by atoms with Crippen molar-refractivity contribution in [3.8, 4) is 0 Å². The molecule has 100 valence electrons. The van der Waals surface area contributed by atoms with Crippen molar-refractivity contribution in [2.24, 2.45) is 10.9 Å². The third-order valence-corrected chi connectivity index (χ3v) is 2.65. The first-order chi connectivity index (χ1) is 8.45. The third kappa shape index (κ3) is 3.66. The van der Waals surface area contributed by atoms with Crippen LogP contribution in [0.3, 0.4) is 0 Å². The molecule has 0 atom stereocenters. The predicted octanol–water partition coefficient (Wildman–Crippen LogP) is 1.92. The second kappa shape index (κ2) is 6.30. The standard InChI is InChI=1S/C12H17F2N3O/c1-8(2)17(7-12(15)16-18)6-9-10(13)4-3-5-11(9)14/h3-5,8,18H,6-7H2,1-2H3,(H2,15,16). The summed E-state index contributed by atoms with van der Waals surface area (Å²) in [4.78, 5) is 1.70. The Hall–Kier alpha value is -1.69. The average Bonchev–Trinajstić information content (AvgIpc) is 2.31. The summed E-state index contributed by atoms with van der Waals surface area (Å²) in [7, 11) is 0.